The second-order valence-electron chi connectivity index (χ2n) is 6.75. The number of nitrogens with zero attached hydrogens (tertiary/aromatic N) is 1. The largest absolute Gasteiger partial charge is 0.342 e. The van der Waals surface area contributed by atoms with Gasteiger partial charge in [-0.1, -0.05) is 44.2 Å². The van der Waals surface area contributed by atoms with Gasteiger partial charge in [-0.2, -0.15) is 0 Å². The third-order valence-electron chi connectivity index (χ3n) is 4.39. The Balaban J connectivity index is 2.13. The van der Waals surface area contributed by atoms with Crippen molar-refractivity contribution in [3.63, 3.8) is 0 Å². The molecule has 23 heavy (non-hydrogen) atoms. The van der Waals surface area contributed by atoms with Gasteiger partial charge in [0.2, 0.25) is 15.9 Å². The average molecular weight is 338 g/mol. The number of nitrogens with two attached hydrogens (primary N) is 1. The third kappa shape index (κ3) is 5.04. The SMILES string of the molecule is CC(C)[C@@H](C(=O)N1CCC[C@H](CS(N)(=O)=O)C1)c1ccccc1. The fraction of sp³-hybridized carbons (Fsp3) is 0.588. The van der Waals surface area contributed by atoms with Gasteiger partial charge in [-0.15, -0.1) is 0 Å². The van der Waals surface area contributed by atoms with Gasteiger partial charge < -0.3 is 4.90 Å². The molecule has 0 unspecified atom stereocenters. The summed E-state index contributed by atoms with van der Waals surface area (Å²) in [4.78, 5) is 14.8. The van der Waals surface area contributed by atoms with Crippen LogP contribution in [-0.2, 0) is 14.8 Å². The summed E-state index contributed by atoms with van der Waals surface area (Å²) in [6.07, 6.45) is 1.63. The number of sulfonamides is 1. The minimum atomic E-state index is -3.50. The monoisotopic (exact) mass is 338 g/mol. The van der Waals surface area contributed by atoms with E-state index in [0.717, 1.165) is 18.4 Å². The lowest BCUT2D eigenvalue weighted by atomic mass is 9.86. The van der Waals surface area contributed by atoms with Crippen LogP contribution in [0.25, 0.3) is 0 Å². The van der Waals surface area contributed by atoms with Crippen molar-refractivity contribution in [2.75, 3.05) is 18.8 Å². The van der Waals surface area contributed by atoms with Crippen LogP contribution in [-0.4, -0.2) is 38.1 Å². The number of carbonyl (C=O) groups is 1. The summed E-state index contributed by atoms with van der Waals surface area (Å²) in [5.41, 5.74) is 1.01. The molecule has 2 atom stereocenters. The second kappa shape index (κ2) is 7.45. The number of rotatable bonds is 5. The Kier molecular flexibility index (Phi) is 5.81. The van der Waals surface area contributed by atoms with Crippen LogP contribution in [0.2, 0.25) is 0 Å². The van der Waals surface area contributed by atoms with E-state index in [4.69, 9.17) is 5.14 Å². The molecular weight excluding hydrogens is 312 g/mol. The van der Waals surface area contributed by atoms with E-state index in [2.05, 4.69) is 0 Å². The molecule has 2 N–H and O–H groups in total. The number of benzene rings is 1. The Hall–Kier alpha value is -1.40. The molecule has 2 rings (SSSR count). The fourth-order valence-corrected chi connectivity index (χ4v) is 4.33. The van der Waals surface area contributed by atoms with Crippen LogP contribution in [0.15, 0.2) is 30.3 Å². The van der Waals surface area contributed by atoms with Crippen molar-refractivity contribution in [3.05, 3.63) is 35.9 Å². The molecule has 1 fully saturated rings. The first-order valence-corrected chi connectivity index (χ1v) is 9.83. The fourth-order valence-electron chi connectivity index (χ4n) is 3.40. The van der Waals surface area contributed by atoms with E-state index in [9.17, 15) is 13.2 Å². The van der Waals surface area contributed by atoms with Gasteiger partial charge in [0, 0.05) is 13.1 Å². The van der Waals surface area contributed by atoms with E-state index in [0.29, 0.717) is 13.1 Å². The van der Waals surface area contributed by atoms with E-state index in [-0.39, 0.29) is 29.4 Å². The maximum atomic E-state index is 13.0. The van der Waals surface area contributed by atoms with Gasteiger partial charge in [0.15, 0.2) is 0 Å². The Morgan fingerprint density at radius 3 is 2.52 bits per heavy atom. The molecule has 6 heteroatoms. The van der Waals surface area contributed by atoms with Gasteiger partial charge >= 0.3 is 0 Å². The molecule has 1 amide bonds. The van der Waals surface area contributed by atoms with Crippen molar-refractivity contribution in [1.82, 2.24) is 4.90 Å². The number of carbonyl (C=O) groups excluding carboxylic acids is 1. The average Bonchev–Trinajstić information content (AvgIpc) is 2.46. The van der Waals surface area contributed by atoms with Crippen molar-refractivity contribution in [1.29, 1.82) is 0 Å². The lowest BCUT2D eigenvalue weighted by Gasteiger charge is -2.35. The molecule has 1 saturated heterocycles. The normalized spacial score (nSPS) is 20.5. The molecule has 1 aromatic rings. The quantitative estimate of drug-likeness (QED) is 0.891. The molecule has 1 aromatic carbocycles. The van der Waals surface area contributed by atoms with Gasteiger partial charge in [0.25, 0.3) is 0 Å². The standard InChI is InChI=1S/C17H26N2O3S/c1-13(2)16(15-8-4-3-5-9-15)17(20)19-10-6-7-14(11-19)12-23(18,21)22/h3-5,8-9,13-14,16H,6-7,10-12H2,1-2H3,(H2,18,21,22)/t14-,16+/m0/s1. The van der Waals surface area contributed by atoms with Gasteiger partial charge in [-0.25, -0.2) is 13.6 Å². The zero-order chi connectivity index (χ0) is 17.0. The maximum Gasteiger partial charge on any atom is 0.230 e. The van der Waals surface area contributed by atoms with Crippen LogP contribution in [0.4, 0.5) is 0 Å². The number of likely N-dealkylation sites (tertiary alicyclic amines) is 1. The molecule has 5 nitrogen and oxygen atoms in total. The number of piperidine rings is 1. The van der Waals surface area contributed by atoms with E-state index >= 15 is 0 Å². The number of hydrogen-bond donors (Lipinski definition) is 1. The predicted octanol–water partition coefficient (Wildman–Crippen LogP) is 1.95. The highest BCUT2D eigenvalue weighted by molar-refractivity contribution is 7.89. The Labute approximate surface area is 138 Å². The van der Waals surface area contributed by atoms with Gasteiger partial charge in [0.1, 0.15) is 0 Å². The van der Waals surface area contributed by atoms with Crippen LogP contribution in [0.5, 0.6) is 0 Å². The van der Waals surface area contributed by atoms with Crippen molar-refractivity contribution in [2.45, 2.75) is 32.6 Å². The highest BCUT2D eigenvalue weighted by atomic mass is 32.2. The van der Waals surface area contributed by atoms with E-state index < -0.39 is 10.0 Å². The van der Waals surface area contributed by atoms with Crippen LogP contribution >= 0.6 is 0 Å². The number of amides is 1. The third-order valence-corrected chi connectivity index (χ3v) is 5.33. The Bertz CT molecular complexity index is 628. The summed E-state index contributed by atoms with van der Waals surface area (Å²) >= 11 is 0. The first-order chi connectivity index (χ1) is 10.8. The van der Waals surface area contributed by atoms with Crippen LogP contribution in [0, 0.1) is 11.8 Å². The summed E-state index contributed by atoms with van der Waals surface area (Å²) < 4.78 is 22.6. The lowest BCUT2D eigenvalue weighted by Crippen LogP contribution is -2.45. The van der Waals surface area contributed by atoms with Crippen molar-refractivity contribution >= 4 is 15.9 Å². The van der Waals surface area contributed by atoms with Gasteiger partial charge in [0.05, 0.1) is 11.7 Å². The molecule has 0 aromatic heterocycles. The van der Waals surface area contributed by atoms with Crippen molar-refractivity contribution < 1.29 is 13.2 Å². The molecule has 0 radical (unpaired) electrons. The van der Waals surface area contributed by atoms with E-state index in [1.807, 2.05) is 49.1 Å². The molecule has 0 spiro atoms. The highest BCUT2D eigenvalue weighted by Crippen LogP contribution is 2.29. The zero-order valence-corrected chi connectivity index (χ0v) is 14.6. The second-order valence-corrected chi connectivity index (χ2v) is 8.41. The number of hydrogen-bond acceptors (Lipinski definition) is 3. The summed E-state index contributed by atoms with van der Waals surface area (Å²) in [5.74, 6) is -0.0291. The summed E-state index contributed by atoms with van der Waals surface area (Å²) in [7, 11) is -3.50. The van der Waals surface area contributed by atoms with Crippen molar-refractivity contribution in [3.8, 4) is 0 Å². The molecule has 128 valence electrons. The Morgan fingerprint density at radius 2 is 1.96 bits per heavy atom. The van der Waals surface area contributed by atoms with Gasteiger partial charge in [-0.05, 0) is 30.2 Å². The first-order valence-electron chi connectivity index (χ1n) is 8.12. The van der Waals surface area contributed by atoms with Crippen LogP contribution in [0.1, 0.15) is 38.2 Å². The van der Waals surface area contributed by atoms with Crippen molar-refractivity contribution in [2.24, 2.45) is 17.0 Å². The summed E-state index contributed by atoms with van der Waals surface area (Å²) in [6.45, 7) is 5.25. The van der Waals surface area contributed by atoms with E-state index in [1.54, 1.807) is 0 Å². The molecule has 1 aliphatic heterocycles. The molecule has 1 aliphatic rings. The summed E-state index contributed by atoms with van der Waals surface area (Å²) in [6, 6.07) is 9.78. The molecule has 0 aliphatic carbocycles. The topological polar surface area (TPSA) is 80.5 Å². The minimum absolute atomic E-state index is 0.0472. The molecule has 0 bridgehead atoms. The highest BCUT2D eigenvalue weighted by Gasteiger charge is 2.32. The smallest absolute Gasteiger partial charge is 0.230 e. The minimum Gasteiger partial charge on any atom is -0.342 e. The Morgan fingerprint density at radius 1 is 1.30 bits per heavy atom. The van der Waals surface area contributed by atoms with E-state index in [1.165, 1.54) is 0 Å². The molecular formula is C17H26N2O3S. The lowest BCUT2D eigenvalue weighted by molar-refractivity contribution is -0.135. The van der Waals surface area contributed by atoms with Crippen LogP contribution < -0.4 is 5.14 Å². The molecule has 1 heterocycles. The van der Waals surface area contributed by atoms with Gasteiger partial charge in [-0.3, -0.25) is 4.79 Å². The summed E-state index contributed by atoms with van der Waals surface area (Å²) in [5, 5.41) is 5.16. The maximum absolute atomic E-state index is 13.0. The predicted molar refractivity (Wildman–Crippen MR) is 91.3 cm³/mol. The zero-order valence-electron chi connectivity index (χ0n) is 13.8. The number of primary sulfonamides is 1. The first kappa shape index (κ1) is 17.9. The molecule has 0 saturated carbocycles. The van der Waals surface area contributed by atoms with Crippen LogP contribution in [0.3, 0.4) is 0 Å².